The number of imidazole rings is 1. The molecule has 1 saturated heterocycles. The molecule has 24 heavy (non-hydrogen) atoms. The highest BCUT2D eigenvalue weighted by molar-refractivity contribution is 5.92. The van der Waals surface area contributed by atoms with Gasteiger partial charge in [0.15, 0.2) is 0 Å². The summed E-state index contributed by atoms with van der Waals surface area (Å²) in [5, 5.41) is 1.18. The van der Waals surface area contributed by atoms with E-state index in [2.05, 4.69) is 27.1 Å². The first-order valence-electron chi connectivity index (χ1n) is 8.41. The average molecular weight is 320 g/mol. The molecule has 3 aromatic rings. The van der Waals surface area contributed by atoms with Crippen molar-refractivity contribution in [1.29, 1.82) is 0 Å². The number of fused-ring (bicyclic) bond motifs is 1. The van der Waals surface area contributed by atoms with Crippen molar-refractivity contribution in [2.24, 2.45) is 5.92 Å². The number of hydrogen-bond donors (Lipinski definition) is 1. The van der Waals surface area contributed by atoms with E-state index in [1.165, 1.54) is 10.9 Å². The molecule has 1 N–H and O–H groups in total. The number of piperidine rings is 1. The van der Waals surface area contributed by atoms with Crippen LogP contribution in [-0.4, -0.2) is 38.8 Å². The standard InChI is InChI=1S/C19H20N4O/c24-19(18-11-20-13-22-18)23-7-3-4-14(12-23)8-15-9-16-5-1-2-6-17(16)21-10-15/h1-2,5-6,9-11,13-14H,3-4,7-8,12H2,(H,20,22). The topological polar surface area (TPSA) is 61.9 Å². The Morgan fingerprint density at radius 1 is 1.29 bits per heavy atom. The Kier molecular flexibility index (Phi) is 3.99. The van der Waals surface area contributed by atoms with Gasteiger partial charge in [-0.2, -0.15) is 0 Å². The Morgan fingerprint density at radius 2 is 2.21 bits per heavy atom. The molecule has 1 unspecified atom stereocenters. The highest BCUT2D eigenvalue weighted by Gasteiger charge is 2.25. The first-order chi connectivity index (χ1) is 11.8. The zero-order valence-corrected chi connectivity index (χ0v) is 13.5. The van der Waals surface area contributed by atoms with Crippen LogP contribution in [0.1, 0.15) is 28.9 Å². The van der Waals surface area contributed by atoms with Crippen molar-refractivity contribution in [1.82, 2.24) is 19.9 Å². The molecule has 2 aromatic heterocycles. The van der Waals surface area contributed by atoms with Gasteiger partial charge in [0.05, 0.1) is 18.0 Å². The number of pyridine rings is 1. The molecule has 3 heterocycles. The van der Waals surface area contributed by atoms with E-state index in [1.54, 1.807) is 12.5 Å². The number of likely N-dealkylation sites (tertiary alicyclic amines) is 1. The number of para-hydroxylation sites is 1. The minimum absolute atomic E-state index is 0.0498. The molecular weight excluding hydrogens is 300 g/mol. The van der Waals surface area contributed by atoms with Crippen molar-refractivity contribution in [2.45, 2.75) is 19.3 Å². The third-order valence-corrected chi connectivity index (χ3v) is 4.71. The Labute approximate surface area is 140 Å². The monoisotopic (exact) mass is 320 g/mol. The molecule has 5 nitrogen and oxygen atoms in total. The number of hydrogen-bond acceptors (Lipinski definition) is 3. The smallest absolute Gasteiger partial charge is 0.271 e. The van der Waals surface area contributed by atoms with E-state index in [-0.39, 0.29) is 5.91 Å². The van der Waals surface area contributed by atoms with Gasteiger partial charge in [0, 0.05) is 24.7 Å². The van der Waals surface area contributed by atoms with Gasteiger partial charge in [-0.15, -0.1) is 0 Å². The van der Waals surface area contributed by atoms with Gasteiger partial charge in [-0.1, -0.05) is 18.2 Å². The lowest BCUT2D eigenvalue weighted by Crippen LogP contribution is -2.40. The lowest BCUT2D eigenvalue weighted by atomic mass is 9.91. The van der Waals surface area contributed by atoms with Crippen molar-refractivity contribution >= 4 is 16.8 Å². The molecule has 0 aliphatic carbocycles. The third kappa shape index (κ3) is 3.02. The molecule has 1 aliphatic heterocycles. The summed E-state index contributed by atoms with van der Waals surface area (Å²) < 4.78 is 0. The van der Waals surface area contributed by atoms with E-state index in [0.29, 0.717) is 11.6 Å². The molecule has 1 fully saturated rings. The van der Waals surface area contributed by atoms with E-state index in [1.807, 2.05) is 29.3 Å². The predicted octanol–water partition coefficient (Wildman–Crippen LogP) is 3.05. The van der Waals surface area contributed by atoms with Crippen molar-refractivity contribution in [3.8, 4) is 0 Å². The van der Waals surface area contributed by atoms with Gasteiger partial charge in [-0.25, -0.2) is 4.98 Å². The number of rotatable bonds is 3. The summed E-state index contributed by atoms with van der Waals surface area (Å²) in [7, 11) is 0. The zero-order chi connectivity index (χ0) is 16.4. The van der Waals surface area contributed by atoms with Crippen molar-refractivity contribution in [3.63, 3.8) is 0 Å². The summed E-state index contributed by atoms with van der Waals surface area (Å²) in [6.45, 7) is 1.62. The van der Waals surface area contributed by atoms with Gasteiger partial charge >= 0.3 is 0 Å². The van der Waals surface area contributed by atoms with Gasteiger partial charge in [-0.05, 0) is 42.9 Å². The number of amides is 1. The summed E-state index contributed by atoms with van der Waals surface area (Å²) in [6.07, 6.45) is 8.28. The number of carbonyl (C=O) groups is 1. The molecule has 0 saturated carbocycles. The summed E-state index contributed by atoms with van der Waals surface area (Å²) in [5.41, 5.74) is 2.85. The molecular formula is C19H20N4O. The lowest BCUT2D eigenvalue weighted by molar-refractivity contribution is 0.0668. The molecule has 122 valence electrons. The normalized spacial score (nSPS) is 18.0. The molecule has 1 amide bonds. The molecule has 4 rings (SSSR count). The minimum Gasteiger partial charge on any atom is -0.341 e. The van der Waals surface area contributed by atoms with Crippen LogP contribution in [-0.2, 0) is 6.42 Å². The average Bonchev–Trinajstić information content (AvgIpc) is 3.16. The maximum Gasteiger partial charge on any atom is 0.271 e. The number of H-pyrrole nitrogens is 1. The molecule has 1 aliphatic rings. The third-order valence-electron chi connectivity index (χ3n) is 4.71. The fourth-order valence-electron chi connectivity index (χ4n) is 3.52. The second kappa shape index (κ2) is 6.43. The molecule has 1 atom stereocenters. The largest absolute Gasteiger partial charge is 0.341 e. The van der Waals surface area contributed by atoms with E-state index < -0.39 is 0 Å². The molecule has 0 radical (unpaired) electrons. The first kappa shape index (κ1) is 14.9. The Hall–Kier alpha value is -2.69. The summed E-state index contributed by atoms with van der Waals surface area (Å²) >= 11 is 0. The Balaban J connectivity index is 1.46. The maximum atomic E-state index is 12.5. The van der Waals surface area contributed by atoms with Crippen LogP contribution in [0.15, 0.2) is 49.1 Å². The van der Waals surface area contributed by atoms with E-state index in [4.69, 9.17) is 0 Å². The predicted molar refractivity (Wildman–Crippen MR) is 92.7 cm³/mol. The van der Waals surface area contributed by atoms with Crippen LogP contribution >= 0.6 is 0 Å². The van der Waals surface area contributed by atoms with Gasteiger partial charge in [-0.3, -0.25) is 9.78 Å². The van der Waals surface area contributed by atoms with Crippen molar-refractivity contribution < 1.29 is 4.79 Å². The van der Waals surface area contributed by atoms with Crippen LogP contribution in [0.25, 0.3) is 10.9 Å². The second-order valence-electron chi connectivity index (χ2n) is 6.47. The van der Waals surface area contributed by atoms with Crippen LogP contribution < -0.4 is 0 Å². The maximum absolute atomic E-state index is 12.5. The summed E-state index contributed by atoms with van der Waals surface area (Å²) in [6, 6.07) is 10.4. The minimum atomic E-state index is 0.0498. The number of nitrogens with zero attached hydrogens (tertiary/aromatic N) is 3. The van der Waals surface area contributed by atoms with Crippen LogP contribution in [0.2, 0.25) is 0 Å². The number of aromatic amines is 1. The number of benzene rings is 1. The summed E-state index contributed by atoms with van der Waals surface area (Å²) in [5.74, 6) is 0.530. The SMILES string of the molecule is O=C(c1cnc[nH]1)N1CCCC(Cc2cnc3ccccc3c2)C1. The van der Waals surface area contributed by atoms with Gasteiger partial charge in [0.25, 0.3) is 5.91 Å². The fourth-order valence-corrected chi connectivity index (χ4v) is 3.52. The molecule has 5 heteroatoms. The highest BCUT2D eigenvalue weighted by Crippen LogP contribution is 2.23. The van der Waals surface area contributed by atoms with Crippen LogP contribution in [0.4, 0.5) is 0 Å². The second-order valence-corrected chi connectivity index (χ2v) is 6.47. The lowest BCUT2D eigenvalue weighted by Gasteiger charge is -2.32. The van der Waals surface area contributed by atoms with E-state index in [9.17, 15) is 4.79 Å². The van der Waals surface area contributed by atoms with Gasteiger partial charge in [0.1, 0.15) is 5.69 Å². The number of nitrogens with one attached hydrogen (secondary N) is 1. The molecule has 0 bridgehead atoms. The Bertz CT molecular complexity index is 843. The van der Waals surface area contributed by atoms with Crippen LogP contribution in [0.3, 0.4) is 0 Å². The molecule has 1 aromatic carbocycles. The number of aromatic nitrogens is 3. The van der Waals surface area contributed by atoms with Gasteiger partial charge < -0.3 is 9.88 Å². The number of carbonyl (C=O) groups excluding carboxylic acids is 1. The van der Waals surface area contributed by atoms with Crippen LogP contribution in [0, 0.1) is 5.92 Å². The van der Waals surface area contributed by atoms with E-state index >= 15 is 0 Å². The van der Waals surface area contributed by atoms with E-state index in [0.717, 1.165) is 37.9 Å². The van der Waals surface area contributed by atoms with Crippen molar-refractivity contribution in [3.05, 3.63) is 60.3 Å². The van der Waals surface area contributed by atoms with Crippen molar-refractivity contribution in [2.75, 3.05) is 13.1 Å². The Morgan fingerprint density at radius 3 is 3.08 bits per heavy atom. The highest BCUT2D eigenvalue weighted by atomic mass is 16.2. The zero-order valence-electron chi connectivity index (χ0n) is 13.5. The first-order valence-corrected chi connectivity index (χ1v) is 8.41. The quantitative estimate of drug-likeness (QED) is 0.807. The summed E-state index contributed by atoms with van der Waals surface area (Å²) in [4.78, 5) is 25.8. The fraction of sp³-hybridized carbons (Fsp3) is 0.316. The van der Waals surface area contributed by atoms with Gasteiger partial charge in [0.2, 0.25) is 0 Å². The molecule has 0 spiro atoms. The van der Waals surface area contributed by atoms with Crippen LogP contribution in [0.5, 0.6) is 0 Å².